The fourth-order valence-corrected chi connectivity index (χ4v) is 3.34. The van der Waals surface area contributed by atoms with Gasteiger partial charge >= 0.3 is 0 Å². The van der Waals surface area contributed by atoms with Crippen molar-refractivity contribution < 1.29 is 14.6 Å². The monoisotopic (exact) mass is 361 g/mol. The fraction of sp³-hybridized carbons (Fsp3) is 0.400. The number of benzene rings is 2. The number of ether oxygens (including phenoxy) is 2. The van der Waals surface area contributed by atoms with E-state index in [1.807, 2.05) is 36.4 Å². The second kappa shape index (κ2) is 8.56. The standard InChI is InChI=1S/C20H24ClNO3/c1-24-17-5-2-4-14(12-17)13-22-18-6-3-7-19(20(18)23)25-16-10-8-15(21)9-11-16/h2,4-5,8-12,18-20,22-23H,3,6-7,13H2,1H3/t18-,19+,20+/m0/s1. The molecule has 134 valence electrons. The summed E-state index contributed by atoms with van der Waals surface area (Å²) in [6, 6.07) is 15.2. The molecule has 1 saturated carbocycles. The Kier molecular flexibility index (Phi) is 6.19. The van der Waals surface area contributed by atoms with Crippen LogP contribution >= 0.6 is 11.6 Å². The van der Waals surface area contributed by atoms with Gasteiger partial charge in [-0.2, -0.15) is 0 Å². The van der Waals surface area contributed by atoms with Gasteiger partial charge in [0.15, 0.2) is 0 Å². The molecule has 0 unspecified atom stereocenters. The van der Waals surface area contributed by atoms with Crippen molar-refractivity contribution >= 4 is 11.6 Å². The lowest BCUT2D eigenvalue weighted by Gasteiger charge is -2.35. The predicted octanol–water partition coefficient (Wildman–Crippen LogP) is 3.80. The van der Waals surface area contributed by atoms with Gasteiger partial charge in [-0.1, -0.05) is 23.7 Å². The van der Waals surface area contributed by atoms with Crippen molar-refractivity contribution in [2.75, 3.05) is 7.11 Å². The van der Waals surface area contributed by atoms with Crippen molar-refractivity contribution in [3.8, 4) is 11.5 Å². The van der Waals surface area contributed by atoms with Crippen LogP contribution in [0.1, 0.15) is 24.8 Å². The molecule has 0 heterocycles. The van der Waals surface area contributed by atoms with Crippen LogP contribution in [0.2, 0.25) is 5.02 Å². The third kappa shape index (κ3) is 4.88. The summed E-state index contributed by atoms with van der Waals surface area (Å²) >= 11 is 5.90. The molecule has 0 bridgehead atoms. The maximum Gasteiger partial charge on any atom is 0.126 e. The number of aliphatic hydroxyl groups is 1. The molecule has 2 aromatic carbocycles. The lowest BCUT2D eigenvalue weighted by Crippen LogP contribution is -2.50. The molecular formula is C20H24ClNO3. The zero-order chi connectivity index (χ0) is 17.6. The molecule has 2 N–H and O–H groups in total. The molecule has 0 aromatic heterocycles. The van der Waals surface area contributed by atoms with Gasteiger partial charge in [-0.05, 0) is 61.2 Å². The average Bonchev–Trinajstić information content (AvgIpc) is 2.64. The maximum absolute atomic E-state index is 10.7. The Hall–Kier alpha value is -1.75. The summed E-state index contributed by atoms with van der Waals surface area (Å²) in [6.45, 7) is 0.687. The number of rotatable bonds is 6. The summed E-state index contributed by atoms with van der Waals surface area (Å²) in [5.41, 5.74) is 1.13. The number of methoxy groups -OCH3 is 1. The maximum atomic E-state index is 10.7. The number of nitrogens with one attached hydrogen (secondary N) is 1. The van der Waals surface area contributed by atoms with Gasteiger partial charge in [0.2, 0.25) is 0 Å². The highest BCUT2D eigenvalue weighted by Crippen LogP contribution is 2.26. The van der Waals surface area contributed by atoms with E-state index in [4.69, 9.17) is 21.1 Å². The first-order valence-corrected chi connectivity index (χ1v) is 9.00. The van der Waals surface area contributed by atoms with Crippen molar-refractivity contribution in [1.82, 2.24) is 5.32 Å². The molecule has 0 amide bonds. The summed E-state index contributed by atoms with van der Waals surface area (Å²) in [5.74, 6) is 1.58. The van der Waals surface area contributed by atoms with E-state index < -0.39 is 6.10 Å². The van der Waals surface area contributed by atoms with Crippen molar-refractivity contribution in [3.05, 3.63) is 59.1 Å². The van der Waals surface area contributed by atoms with Crippen molar-refractivity contribution in [2.24, 2.45) is 0 Å². The Morgan fingerprint density at radius 3 is 2.68 bits per heavy atom. The second-order valence-corrected chi connectivity index (χ2v) is 6.81. The van der Waals surface area contributed by atoms with Crippen LogP contribution in [0, 0.1) is 0 Å². The molecule has 3 rings (SSSR count). The molecule has 2 aromatic rings. The second-order valence-electron chi connectivity index (χ2n) is 6.37. The molecule has 4 nitrogen and oxygen atoms in total. The first kappa shape index (κ1) is 18.1. The van der Waals surface area contributed by atoms with Crippen LogP contribution in [-0.2, 0) is 6.54 Å². The Morgan fingerprint density at radius 2 is 1.92 bits per heavy atom. The Balaban J connectivity index is 1.57. The lowest BCUT2D eigenvalue weighted by atomic mass is 9.89. The van der Waals surface area contributed by atoms with E-state index >= 15 is 0 Å². The van der Waals surface area contributed by atoms with Gasteiger partial charge in [0, 0.05) is 17.6 Å². The highest BCUT2D eigenvalue weighted by atomic mass is 35.5. The van der Waals surface area contributed by atoms with E-state index in [9.17, 15) is 5.11 Å². The average molecular weight is 362 g/mol. The van der Waals surface area contributed by atoms with Gasteiger partial charge < -0.3 is 19.9 Å². The van der Waals surface area contributed by atoms with Gasteiger partial charge in [0.1, 0.15) is 23.7 Å². The number of hydrogen-bond donors (Lipinski definition) is 2. The topological polar surface area (TPSA) is 50.7 Å². The largest absolute Gasteiger partial charge is 0.497 e. The number of aliphatic hydroxyl groups excluding tert-OH is 1. The van der Waals surface area contributed by atoms with E-state index in [1.165, 1.54) is 0 Å². The molecule has 3 atom stereocenters. The number of hydrogen-bond acceptors (Lipinski definition) is 4. The molecular weight excluding hydrogens is 338 g/mol. The zero-order valence-corrected chi connectivity index (χ0v) is 15.1. The molecule has 5 heteroatoms. The molecule has 1 fully saturated rings. The third-order valence-corrected chi connectivity index (χ3v) is 4.85. The highest BCUT2D eigenvalue weighted by Gasteiger charge is 2.33. The van der Waals surface area contributed by atoms with Crippen molar-refractivity contribution in [2.45, 2.75) is 44.1 Å². The Morgan fingerprint density at radius 1 is 1.12 bits per heavy atom. The Labute approximate surface area is 153 Å². The van der Waals surface area contributed by atoms with Gasteiger partial charge in [-0.15, -0.1) is 0 Å². The van der Waals surface area contributed by atoms with Crippen molar-refractivity contribution in [1.29, 1.82) is 0 Å². The first-order chi connectivity index (χ1) is 12.2. The quantitative estimate of drug-likeness (QED) is 0.821. The summed E-state index contributed by atoms with van der Waals surface area (Å²) in [6.07, 6.45) is 2.05. The van der Waals surface area contributed by atoms with Crippen LogP contribution in [0.4, 0.5) is 0 Å². The fourth-order valence-electron chi connectivity index (χ4n) is 3.21. The molecule has 0 radical (unpaired) electrons. The van der Waals surface area contributed by atoms with E-state index in [1.54, 1.807) is 19.2 Å². The smallest absolute Gasteiger partial charge is 0.126 e. The Bertz CT molecular complexity index is 677. The van der Waals surface area contributed by atoms with Gasteiger partial charge in [-0.3, -0.25) is 0 Å². The van der Waals surface area contributed by atoms with Crippen LogP contribution in [0.25, 0.3) is 0 Å². The minimum atomic E-state index is -0.546. The van der Waals surface area contributed by atoms with Crippen LogP contribution in [-0.4, -0.2) is 30.5 Å². The molecule has 1 aliphatic carbocycles. The lowest BCUT2D eigenvalue weighted by molar-refractivity contribution is -0.0157. The van der Waals surface area contributed by atoms with E-state index in [-0.39, 0.29) is 12.1 Å². The first-order valence-electron chi connectivity index (χ1n) is 8.62. The molecule has 1 aliphatic rings. The summed E-state index contributed by atoms with van der Waals surface area (Å²) in [5, 5.41) is 14.8. The highest BCUT2D eigenvalue weighted by molar-refractivity contribution is 6.30. The summed E-state index contributed by atoms with van der Waals surface area (Å²) in [7, 11) is 1.66. The zero-order valence-electron chi connectivity index (χ0n) is 14.3. The van der Waals surface area contributed by atoms with E-state index in [0.29, 0.717) is 11.6 Å². The van der Waals surface area contributed by atoms with Crippen molar-refractivity contribution in [3.63, 3.8) is 0 Å². The minimum absolute atomic E-state index is 0.0113. The molecule has 0 saturated heterocycles. The van der Waals surface area contributed by atoms with Gasteiger partial charge in [-0.25, -0.2) is 0 Å². The van der Waals surface area contributed by atoms with Crippen LogP contribution in [0.5, 0.6) is 11.5 Å². The summed E-state index contributed by atoms with van der Waals surface area (Å²) in [4.78, 5) is 0. The molecule has 0 aliphatic heterocycles. The molecule has 25 heavy (non-hydrogen) atoms. The SMILES string of the molecule is COc1cccc(CN[C@H]2CCC[C@@H](Oc3ccc(Cl)cc3)[C@@H]2O)c1. The van der Waals surface area contributed by atoms with Gasteiger partial charge in [0.05, 0.1) is 7.11 Å². The normalized spacial score (nSPS) is 23.2. The van der Waals surface area contributed by atoms with Crippen LogP contribution < -0.4 is 14.8 Å². The third-order valence-electron chi connectivity index (χ3n) is 4.60. The molecule has 0 spiro atoms. The number of halogens is 1. The van der Waals surface area contributed by atoms with Crippen LogP contribution in [0.3, 0.4) is 0 Å². The predicted molar refractivity (Wildman–Crippen MR) is 99.3 cm³/mol. The van der Waals surface area contributed by atoms with Gasteiger partial charge in [0.25, 0.3) is 0 Å². The van der Waals surface area contributed by atoms with Crippen LogP contribution in [0.15, 0.2) is 48.5 Å². The van der Waals surface area contributed by atoms with E-state index in [2.05, 4.69) is 5.32 Å². The minimum Gasteiger partial charge on any atom is -0.497 e. The van der Waals surface area contributed by atoms with E-state index in [0.717, 1.165) is 36.3 Å². The summed E-state index contributed by atoms with van der Waals surface area (Å²) < 4.78 is 11.2.